The van der Waals surface area contributed by atoms with Crippen molar-refractivity contribution in [1.29, 1.82) is 0 Å². The van der Waals surface area contributed by atoms with E-state index < -0.39 is 0 Å². The lowest BCUT2D eigenvalue weighted by molar-refractivity contribution is -0.137. The van der Waals surface area contributed by atoms with Crippen molar-refractivity contribution in [1.82, 2.24) is 4.57 Å². The van der Waals surface area contributed by atoms with Gasteiger partial charge in [0.1, 0.15) is 0 Å². The molecule has 1 aromatic carbocycles. The molecule has 2 aromatic rings. The Balaban J connectivity index is 2.17. The predicted molar refractivity (Wildman–Crippen MR) is 77.1 cm³/mol. The van der Waals surface area contributed by atoms with Crippen LogP contribution in [0.4, 0.5) is 0 Å². The highest BCUT2D eigenvalue weighted by Crippen LogP contribution is 2.23. The fourth-order valence-corrected chi connectivity index (χ4v) is 2.11. The SMILES string of the molecule is CCOC(=O)/C=C\[C@H](C)c1ccc2c(ccn2C)c1. The topological polar surface area (TPSA) is 31.2 Å². The second kappa shape index (κ2) is 5.74. The summed E-state index contributed by atoms with van der Waals surface area (Å²) in [5, 5.41) is 1.22. The monoisotopic (exact) mass is 257 g/mol. The summed E-state index contributed by atoms with van der Waals surface area (Å²) in [7, 11) is 2.03. The van der Waals surface area contributed by atoms with Crippen molar-refractivity contribution in [3.8, 4) is 0 Å². The number of hydrogen-bond donors (Lipinski definition) is 0. The van der Waals surface area contributed by atoms with Gasteiger partial charge in [-0.05, 0) is 42.0 Å². The van der Waals surface area contributed by atoms with E-state index in [1.54, 1.807) is 6.92 Å². The molecule has 0 bridgehead atoms. The van der Waals surface area contributed by atoms with Gasteiger partial charge in [0.05, 0.1) is 6.61 Å². The minimum Gasteiger partial charge on any atom is -0.463 e. The van der Waals surface area contributed by atoms with Crippen LogP contribution in [0.1, 0.15) is 25.3 Å². The van der Waals surface area contributed by atoms with Crippen molar-refractivity contribution in [2.45, 2.75) is 19.8 Å². The quantitative estimate of drug-likeness (QED) is 0.621. The second-order valence-electron chi connectivity index (χ2n) is 4.64. The predicted octanol–water partition coefficient (Wildman–Crippen LogP) is 3.40. The first-order chi connectivity index (χ1) is 9.11. The number of esters is 1. The van der Waals surface area contributed by atoms with Gasteiger partial charge in [0.15, 0.2) is 0 Å². The summed E-state index contributed by atoms with van der Waals surface area (Å²) in [5.41, 5.74) is 2.41. The zero-order valence-corrected chi connectivity index (χ0v) is 11.6. The molecule has 0 unspecified atom stereocenters. The Labute approximate surface area is 113 Å². The van der Waals surface area contributed by atoms with Crippen molar-refractivity contribution >= 4 is 16.9 Å². The van der Waals surface area contributed by atoms with E-state index in [4.69, 9.17) is 4.74 Å². The number of benzene rings is 1. The van der Waals surface area contributed by atoms with Crippen molar-refractivity contribution in [2.24, 2.45) is 7.05 Å². The summed E-state index contributed by atoms with van der Waals surface area (Å²) in [5.74, 6) is -0.0934. The largest absolute Gasteiger partial charge is 0.463 e. The van der Waals surface area contributed by atoms with Gasteiger partial charge in [-0.3, -0.25) is 0 Å². The van der Waals surface area contributed by atoms with Gasteiger partial charge < -0.3 is 9.30 Å². The van der Waals surface area contributed by atoms with Crippen LogP contribution in [0.3, 0.4) is 0 Å². The Hall–Kier alpha value is -2.03. The number of allylic oxidation sites excluding steroid dienone is 1. The molecule has 0 spiro atoms. The number of nitrogens with zero attached hydrogens (tertiary/aromatic N) is 1. The number of hydrogen-bond acceptors (Lipinski definition) is 2. The lowest BCUT2D eigenvalue weighted by atomic mass is 9.99. The van der Waals surface area contributed by atoms with Gasteiger partial charge >= 0.3 is 5.97 Å². The van der Waals surface area contributed by atoms with E-state index in [1.165, 1.54) is 22.5 Å². The highest BCUT2D eigenvalue weighted by molar-refractivity contribution is 5.82. The van der Waals surface area contributed by atoms with Gasteiger partial charge in [0.2, 0.25) is 0 Å². The molecule has 0 N–H and O–H groups in total. The molecule has 0 amide bonds. The normalized spacial score (nSPS) is 13.0. The molecule has 1 heterocycles. The Morgan fingerprint density at radius 2 is 2.21 bits per heavy atom. The van der Waals surface area contributed by atoms with Crippen LogP contribution in [0, 0.1) is 0 Å². The third-order valence-electron chi connectivity index (χ3n) is 3.24. The minimum absolute atomic E-state index is 0.189. The molecule has 0 aliphatic carbocycles. The maximum atomic E-state index is 11.3. The van der Waals surface area contributed by atoms with Crippen molar-refractivity contribution in [3.05, 3.63) is 48.2 Å². The maximum absolute atomic E-state index is 11.3. The summed E-state index contributed by atoms with van der Waals surface area (Å²) in [6.45, 7) is 4.28. The van der Waals surface area contributed by atoms with Gasteiger partial charge in [0.25, 0.3) is 0 Å². The summed E-state index contributed by atoms with van der Waals surface area (Å²) in [6.07, 6.45) is 5.43. The summed E-state index contributed by atoms with van der Waals surface area (Å²) in [4.78, 5) is 11.3. The zero-order chi connectivity index (χ0) is 13.8. The standard InChI is InChI=1S/C16H19NO2/c1-4-19-16(18)8-5-12(2)13-6-7-15-14(11-13)9-10-17(15)3/h5-12H,4H2,1-3H3/b8-5-/t12-/m0/s1. The lowest BCUT2D eigenvalue weighted by Gasteiger charge is -2.07. The molecule has 1 aromatic heterocycles. The third kappa shape index (κ3) is 3.05. The number of fused-ring (bicyclic) bond motifs is 1. The fourth-order valence-electron chi connectivity index (χ4n) is 2.11. The number of aryl methyl sites for hydroxylation is 1. The average molecular weight is 257 g/mol. The van der Waals surface area contributed by atoms with Crippen LogP contribution in [-0.2, 0) is 16.6 Å². The van der Waals surface area contributed by atoms with Crippen LogP contribution < -0.4 is 0 Å². The molecule has 3 nitrogen and oxygen atoms in total. The number of ether oxygens (including phenoxy) is 1. The van der Waals surface area contributed by atoms with Gasteiger partial charge in [-0.25, -0.2) is 4.79 Å². The van der Waals surface area contributed by atoms with Crippen molar-refractivity contribution in [3.63, 3.8) is 0 Å². The first-order valence-corrected chi connectivity index (χ1v) is 6.51. The molecular formula is C16H19NO2. The second-order valence-corrected chi connectivity index (χ2v) is 4.64. The highest BCUT2D eigenvalue weighted by atomic mass is 16.5. The van der Waals surface area contributed by atoms with Crippen LogP contribution in [0.25, 0.3) is 10.9 Å². The van der Waals surface area contributed by atoms with Crippen LogP contribution >= 0.6 is 0 Å². The Morgan fingerprint density at radius 1 is 1.42 bits per heavy atom. The molecule has 0 aliphatic heterocycles. The van der Waals surface area contributed by atoms with Crippen LogP contribution in [-0.4, -0.2) is 17.1 Å². The molecule has 0 aliphatic rings. The molecule has 0 radical (unpaired) electrons. The minimum atomic E-state index is -0.282. The van der Waals surface area contributed by atoms with E-state index in [0.29, 0.717) is 6.61 Å². The van der Waals surface area contributed by atoms with Crippen molar-refractivity contribution < 1.29 is 9.53 Å². The molecular weight excluding hydrogens is 238 g/mol. The van der Waals surface area contributed by atoms with Crippen molar-refractivity contribution in [2.75, 3.05) is 6.61 Å². The van der Waals surface area contributed by atoms with E-state index in [1.807, 2.05) is 19.3 Å². The van der Waals surface area contributed by atoms with Gasteiger partial charge in [-0.2, -0.15) is 0 Å². The molecule has 100 valence electrons. The van der Waals surface area contributed by atoms with E-state index in [2.05, 4.69) is 35.8 Å². The van der Waals surface area contributed by atoms with E-state index >= 15 is 0 Å². The number of carbonyl (C=O) groups is 1. The average Bonchev–Trinajstić information content (AvgIpc) is 2.77. The highest BCUT2D eigenvalue weighted by Gasteiger charge is 2.05. The lowest BCUT2D eigenvalue weighted by Crippen LogP contribution is -2.00. The summed E-state index contributed by atoms with van der Waals surface area (Å²) in [6, 6.07) is 8.47. The third-order valence-corrected chi connectivity index (χ3v) is 3.24. The smallest absolute Gasteiger partial charge is 0.330 e. The zero-order valence-electron chi connectivity index (χ0n) is 11.6. The molecule has 0 fully saturated rings. The number of rotatable bonds is 4. The Kier molecular flexibility index (Phi) is 4.05. The van der Waals surface area contributed by atoms with Crippen LogP contribution in [0.5, 0.6) is 0 Å². The molecule has 0 saturated carbocycles. The van der Waals surface area contributed by atoms with E-state index in [-0.39, 0.29) is 11.9 Å². The van der Waals surface area contributed by atoms with Gasteiger partial charge in [0, 0.05) is 24.8 Å². The summed E-state index contributed by atoms with van der Waals surface area (Å²) < 4.78 is 6.97. The Morgan fingerprint density at radius 3 is 2.95 bits per heavy atom. The maximum Gasteiger partial charge on any atom is 0.330 e. The number of aromatic nitrogens is 1. The molecule has 0 saturated heterocycles. The van der Waals surface area contributed by atoms with Crippen LogP contribution in [0.2, 0.25) is 0 Å². The van der Waals surface area contributed by atoms with E-state index in [0.717, 1.165) is 0 Å². The molecule has 1 atom stereocenters. The summed E-state index contributed by atoms with van der Waals surface area (Å²) >= 11 is 0. The molecule has 3 heteroatoms. The van der Waals surface area contributed by atoms with E-state index in [9.17, 15) is 4.79 Å². The first kappa shape index (κ1) is 13.4. The molecule has 2 rings (SSSR count). The van der Waals surface area contributed by atoms with Crippen LogP contribution in [0.15, 0.2) is 42.6 Å². The first-order valence-electron chi connectivity index (χ1n) is 6.51. The number of carbonyl (C=O) groups excluding carboxylic acids is 1. The van der Waals surface area contributed by atoms with Gasteiger partial charge in [-0.1, -0.05) is 19.1 Å². The Bertz CT molecular complexity index is 610. The fraction of sp³-hybridized carbons (Fsp3) is 0.312. The molecule has 19 heavy (non-hydrogen) atoms. The van der Waals surface area contributed by atoms with Gasteiger partial charge in [-0.15, -0.1) is 0 Å².